The molecule has 6 heteroatoms. The van der Waals surface area contributed by atoms with Crippen molar-refractivity contribution in [2.75, 3.05) is 31.1 Å². The van der Waals surface area contributed by atoms with E-state index < -0.39 is 0 Å². The number of halogens is 1. The lowest BCUT2D eigenvalue weighted by Crippen LogP contribution is -2.28. The van der Waals surface area contributed by atoms with Crippen LogP contribution >= 0.6 is 15.9 Å². The van der Waals surface area contributed by atoms with E-state index in [1.807, 2.05) is 12.1 Å². The molecule has 0 atom stereocenters. The summed E-state index contributed by atoms with van der Waals surface area (Å²) in [6.07, 6.45) is 1.92. The van der Waals surface area contributed by atoms with Gasteiger partial charge >= 0.3 is 0 Å². The molecule has 0 radical (unpaired) electrons. The van der Waals surface area contributed by atoms with Crippen molar-refractivity contribution in [2.45, 2.75) is 12.8 Å². The maximum absolute atomic E-state index is 4.61. The highest BCUT2D eigenvalue weighted by molar-refractivity contribution is 9.10. The predicted octanol–water partition coefficient (Wildman–Crippen LogP) is 1.96. The number of hydrogen-bond acceptors (Lipinski definition) is 4. The summed E-state index contributed by atoms with van der Waals surface area (Å²) in [6, 6.07) is 8.30. The van der Waals surface area contributed by atoms with Gasteiger partial charge in [-0.05, 0) is 30.7 Å². The number of aromatic amines is 1. The number of aromatic nitrogens is 3. The van der Waals surface area contributed by atoms with Gasteiger partial charge in [-0.25, -0.2) is 0 Å². The Morgan fingerprint density at radius 1 is 1.15 bits per heavy atom. The first-order valence-corrected chi connectivity index (χ1v) is 7.72. The van der Waals surface area contributed by atoms with Crippen LogP contribution < -0.4 is 10.2 Å². The van der Waals surface area contributed by atoms with Gasteiger partial charge in [-0.15, -0.1) is 5.10 Å². The van der Waals surface area contributed by atoms with Crippen molar-refractivity contribution in [1.82, 2.24) is 20.5 Å². The van der Waals surface area contributed by atoms with Gasteiger partial charge in [0.05, 0.1) is 0 Å². The molecule has 0 unspecified atom stereocenters. The average molecular weight is 336 g/mol. The van der Waals surface area contributed by atoms with Crippen molar-refractivity contribution >= 4 is 21.9 Å². The first-order valence-electron chi connectivity index (χ1n) is 6.93. The highest BCUT2D eigenvalue weighted by Crippen LogP contribution is 2.14. The van der Waals surface area contributed by atoms with Gasteiger partial charge in [0.25, 0.3) is 0 Å². The minimum absolute atomic E-state index is 0.784. The molecule has 1 aromatic heterocycles. The lowest BCUT2D eigenvalue weighted by Gasteiger charge is -2.16. The summed E-state index contributed by atoms with van der Waals surface area (Å²) in [4.78, 5) is 6.85. The summed E-state index contributed by atoms with van der Waals surface area (Å²) in [6.45, 7) is 4.06. The summed E-state index contributed by atoms with van der Waals surface area (Å²) in [5.41, 5.74) is 1.23. The van der Waals surface area contributed by atoms with Crippen molar-refractivity contribution < 1.29 is 0 Å². The van der Waals surface area contributed by atoms with E-state index in [0.717, 1.165) is 55.3 Å². The quantitative estimate of drug-likeness (QED) is 0.900. The molecule has 1 aliphatic rings. The van der Waals surface area contributed by atoms with Crippen LogP contribution in [0.25, 0.3) is 0 Å². The van der Waals surface area contributed by atoms with E-state index in [4.69, 9.17) is 0 Å². The number of nitrogens with zero attached hydrogens (tertiary/aromatic N) is 3. The summed E-state index contributed by atoms with van der Waals surface area (Å²) >= 11 is 3.45. The van der Waals surface area contributed by atoms with E-state index >= 15 is 0 Å². The van der Waals surface area contributed by atoms with Gasteiger partial charge in [0.1, 0.15) is 5.82 Å². The maximum atomic E-state index is 4.61. The van der Waals surface area contributed by atoms with Crippen LogP contribution in [-0.4, -0.2) is 41.4 Å². The summed E-state index contributed by atoms with van der Waals surface area (Å²) in [5, 5.41) is 10.8. The molecule has 1 saturated heterocycles. The van der Waals surface area contributed by atoms with Crippen LogP contribution in [0.5, 0.6) is 0 Å². The minimum atomic E-state index is 0.784. The van der Waals surface area contributed by atoms with E-state index in [1.54, 1.807) is 0 Å². The zero-order valence-electron chi connectivity index (χ0n) is 11.3. The van der Waals surface area contributed by atoms with Crippen molar-refractivity contribution in [3.63, 3.8) is 0 Å². The van der Waals surface area contributed by atoms with Gasteiger partial charge in [-0.2, -0.15) is 4.98 Å². The molecule has 0 saturated carbocycles. The minimum Gasteiger partial charge on any atom is -0.338 e. The van der Waals surface area contributed by atoms with Crippen LogP contribution in [0.15, 0.2) is 28.7 Å². The molecule has 106 valence electrons. The zero-order chi connectivity index (χ0) is 13.8. The lowest BCUT2D eigenvalue weighted by atomic mass is 10.1. The van der Waals surface area contributed by atoms with E-state index in [0.29, 0.717) is 0 Å². The highest BCUT2D eigenvalue weighted by Gasteiger charge is 2.14. The van der Waals surface area contributed by atoms with Crippen LogP contribution in [0.3, 0.4) is 0 Å². The molecular formula is C14H18BrN5. The number of rotatable bonds is 3. The Hall–Kier alpha value is -1.40. The molecule has 0 aliphatic carbocycles. The second-order valence-corrected chi connectivity index (χ2v) is 5.89. The molecule has 1 aliphatic heterocycles. The summed E-state index contributed by atoms with van der Waals surface area (Å²) in [7, 11) is 0. The molecule has 5 nitrogen and oxygen atoms in total. The van der Waals surface area contributed by atoms with Gasteiger partial charge in [0.15, 0.2) is 0 Å². The predicted molar refractivity (Wildman–Crippen MR) is 83.0 cm³/mol. The van der Waals surface area contributed by atoms with Crippen LogP contribution in [0.2, 0.25) is 0 Å². The van der Waals surface area contributed by atoms with E-state index in [-0.39, 0.29) is 0 Å². The lowest BCUT2D eigenvalue weighted by molar-refractivity contribution is 0.724. The monoisotopic (exact) mass is 335 g/mol. The number of benzene rings is 1. The molecule has 1 fully saturated rings. The zero-order valence-corrected chi connectivity index (χ0v) is 12.9. The average Bonchev–Trinajstić information content (AvgIpc) is 2.74. The summed E-state index contributed by atoms with van der Waals surface area (Å²) < 4.78 is 1.09. The molecule has 2 heterocycles. The Labute approximate surface area is 126 Å². The third kappa shape index (κ3) is 3.37. The first kappa shape index (κ1) is 13.6. The van der Waals surface area contributed by atoms with Gasteiger partial charge in [-0.3, -0.25) is 5.10 Å². The van der Waals surface area contributed by atoms with Crippen molar-refractivity contribution in [3.8, 4) is 0 Å². The fraction of sp³-hybridized carbons (Fsp3) is 0.429. The third-order valence-corrected chi connectivity index (χ3v) is 3.96. The second-order valence-electron chi connectivity index (χ2n) is 4.98. The van der Waals surface area contributed by atoms with Crippen LogP contribution in [0, 0.1) is 0 Å². The van der Waals surface area contributed by atoms with Crippen molar-refractivity contribution in [2.24, 2.45) is 0 Å². The molecule has 0 spiro atoms. The molecular weight excluding hydrogens is 318 g/mol. The molecule has 0 amide bonds. The van der Waals surface area contributed by atoms with E-state index in [1.165, 1.54) is 5.56 Å². The van der Waals surface area contributed by atoms with Crippen molar-refractivity contribution in [3.05, 3.63) is 40.1 Å². The standard InChI is InChI=1S/C14H18BrN5/c15-12-4-2-11(3-5-12)10-13-17-14(19-18-13)20-8-1-6-16-7-9-20/h2-5,16H,1,6-10H2,(H,17,18,19). The maximum Gasteiger partial charge on any atom is 0.244 e. The Kier molecular flexibility index (Phi) is 4.32. The number of hydrogen-bond donors (Lipinski definition) is 2. The normalized spacial score (nSPS) is 16.1. The van der Waals surface area contributed by atoms with Gasteiger partial charge in [0.2, 0.25) is 5.95 Å². The smallest absolute Gasteiger partial charge is 0.244 e. The summed E-state index contributed by atoms with van der Waals surface area (Å²) in [5.74, 6) is 1.74. The number of anilines is 1. The van der Waals surface area contributed by atoms with E-state index in [2.05, 4.69) is 53.5 Å². The largest absolute Gasteiger partial charge is 0.338 e. The van der Waals surface area contributed by atoms with Crippen LogP contribution in [0.4, 0.5) is 5.95 Å². The molecule has 0 bridgehead atoms. The Bertz CT molecular complexity index is 543. The molecule has 3 rings (SSSR count). The molecule has 2 N–H and O–H groups in total. The Morgan fingerprint density at radius 2 is 2.00 bits per heavy atom. The van der Waals surface area contributed by atoms with Crippen LogP contribution in [0.1, 0.15) is 17.8 Å². The fourth-order valence-electron chi connectivity index (χ4n) is 2.35. The second kappa shape index (κ2) is 6.37. The van der Waals surface area contributed by atoms with Gasteiger partial charge in [0, 0.05) is 30.5 Å². The first-order chi connectivity index (χ1) is 9.81. The SMILES string of the molecule is Brc1ccc(Cc2nc(N3CCCNCC3)n[nH]2)cc1. The van der Waals surface area contributed by atoms with Crippen molar-refractivity contribution in [1.29, 1.82) is 0 Å². The third-order valence-electron chi connectivity index (χ3n) is 3.43. The fourth-order valence-corrected chi connectivity index (χ4v) is 2.61. The van der Waals surface area contributed by atoms with Crippen LogP contribution in [-0.2, 0) is 6.42 Å². The van der Waals surface area contributed by atoms with Gasteiger partial charge < -0.3 is 10.2 Å². The van der Waals surface area contributed by atoms with E-state index in [9.17, 15) is 0 Å². The molecule has 20 heavy (non-hydrogen) atoms. The number of nitrogens with one attached hydrogen (secondary N) is 2. The topological polar surface area (TPSA) is 56.8 Å². The number of H-pyrrole nitrogens is 1. The molecule has 2 aromatic rings. The molecule has 1 aromatic carbocycles. The Morgan fingerprint density at radius 3 is 2.85 bits per heavy atom. The highest BCUT2D eigenvalue weighted by atomic mass is 79.9. The van der Waals surface area contributed by atoms with Gasteiger partial charge in [-0.1, -0.05) is 28.1 Å². The Balaban J connectivity index is 1.68.